The number of carboxylic acid groups (broad SMARTS) is 1. The molecule has 1 aromatic heterocycles. The number of hydrogen-bond acceptors (Lipinski definition) is 11. The zero-order valence-corrected chi connectivity index (χ0v) is 30.2. The molecule has 1 N–H and O–H groups in total. The number of rotatable bonds is 12. The standard InChI is InChI=1S/C37H46N2O11S/c1-5-37-21-17-27-35(3,18-11-19-36(27,4)33(42)43)28(37)16-20-34(2,24-37)25-49-30(41)15-14-29(40)47-22-9-10-23-48-31-32(39(44)50-38-31)51(45,46)26-12-7-6-8-13-26/h5-8,12-13,27-28H,1,11,14-25H2,2-4H3,(H,42,43)/t27-,28-,34-,35+,36+,37+/m0/s1. The van der Waals surface area contributed by atoms with Crippen molar-refractivity contribution in [1.82, 2.24) is 5.16 Å². The van der Waals surface area contributed by atoms with E-state index in [2.05, 4.69) is 48.1 Å². The molecular formula is C37H46N2O11S. The lowest BCUT2D eigenvalue weighted by Gasteiger charge is -2.65. The molecule has 0 unspecified atom stereocenters. The largest absolute Gasteiger partial charge is 0.481 e. The molecular weight excluding hydrogens is 680 g/mol. The first-order chi connectivity index (χ1) is 24.1. The van der Waals surface area contributed by atoms with E-state index in [1.54, 1.807) is 6.07 Å². The third-order valence-electron chi connectivity index (χ3n) is 11.7. The molecule has 14 heteroatoms. The molecule has 0 aliphatic heterocycles. The summed E-state index contributed by atoms with van der Waals surface area (Å²) in [5, 5.41) is 24.7. The highest BCUT2D eigenvalue weighted by atomic mass is 32.2. The number of sulfone groups is 1. The number of aliphatic carboxylic acids is 1. The highest BCUT2D eigenvalue weighted by Crippen LogP contribution is 2.69. The molecule has 276 valence electrons. The van der Waals surface area contributed by atoms with Gasteiger partial charge in [-0.05, 0) is 91.6 Å². The Morgan fingerprint density at radius 3 is 2.37 bits per heavy atom. The highest BCUT2D eigenvalue weighted by Gasteiger charge is 2.63. The minimum absolute atomic E-state index is 0.0965. The summed E-state index contributed by atoms with van der Waals surface area (Å²) in [6.07, 6.45) is 8.60. The summed E-state index contributed by atoms with van der Waals surface area (Å²) in [5.41, 5.74) is -1.26. The van der Waals surface area contributed by atoms with Gasteiger partial charge in [0.2, 0.25) is 0 Å². The Morgan fingerprint density at radius 2 is 1.69 bits per heavy atom. The number of ether oxygens (including phenoxy) is 3. The Bertz CT molecular complexity index is 1820. The van der Waals surface area contributed by atoms with Crippen molar-refractivity contribution in [3.63, 3.8) is 0 Å². The van der Waals surface area contributed by atoms with Gasteiger partial charge in [0, 0.05) is 5.41 Å². The first kappa shape index (κ1) is 37.9. The predicted molar refractivity (Wildman–Crippen MR) is 180 cm³/mol. The lowest BCUT2D eigenvalue weighted by molar-refractivity contribution is -0.832. The van der Waals surface area contributed by atoms with Crippen molar-refractivity contribution in [3.8, 4) is 17.7 Å². The SMILES string of the molecule is C=C[C@]12CC[C@H]3[C@@](C)(CCC[C@@]3(C)C(=O)O)[C@@H]1CC[C@](C)(COC(=O)CCC(=O)OCC#CCOc1no[n+]([O-])c1S(=O)(=O)c1ccccc1)C2. The maximum absolute atomic E-state index is 12.8. The van der Waals surface area contributed by atoms with Gasteiger partial charge in [0.25, 0.3) is 9.84 Å². The second-order valence-corrected chi connectivity index (χ2v) is 16.9. The first-order valence-electron chi connectivity index (χ1n) is 17.3. The number of aromatic nitrogens is 2. The predicted octanol–water partition coefficient (Wildman–Crippen LogP) is 5.06. The molecule has 0 radical (unpaired) electrons. The summed E-state index contributed by atoms with van der Waals surface area (Å²) >= 11 is 0. The Balaban J connectivity index is 1.05. The molecule has 1 aromatic carbocycles. The molecule has 6 atom stereocenters. The summed E-state index contributed by atoms with van der Waals surface area (Å²) in [4.78, 5) is 36.9. The third-order valence-corrected chi connectivity index (χ3v) is 13.5. The van der Waals surface area contributed by atoms with Crippen molar-refractivity contribution in [2.75, 3.05) is 19.8 Å². The topological polar surface area (TPSA) is 186 Å². The number of carbonyl (C=O) groups is 3. The van der Waals surface area contributed by atoms with E-state index in [1.165, 1.54) is 24.3 Å². The molecule has 0 saturated heterocycles. The highest BCUT2D eigenvalue weighted by molar-refractivity contribution is 7.91. The van der Waals surface area contributed by atoms with Crippen molar-refractivity contribution in [1.29, 1.82) is 0 Å². The van der Waals surface area contributed by atoms with Gasteiger partial charge in [-0.3, -0.25) is 19.0 Å². The Morgan fingerprint density at radius 1 is 1.02 bits per heavy atom. The van der Waals surface area contributed by atoms with Gasteiger partial charge in [0.1, 0.15) is 0 Å². The van der Waals surface area contributed by atoms with Gasteiger partial charge in [0.05, 0.1) is 34.9 Å². The van der Waals surface area contributed by atoms with Crippen molar-refractivity contribution in [3.05, 3.63) is 48.2 Å². The van der Waals surface area contributed by atoms with Crippen LogP contribution < -0.4 is 9.64 Å². The Labute approximate surface area is 298 Å². The fraction of sp³-hybridized carbons (Fsp3) is 0.595. The number of hydrogen-bond donors (Lipinski definition) is 1. The molecule has 3 fully saturated rings. The molecule has 2 aromatic rings. The average Bonchev–Trinajstić information content (AvgIpc) is 3.48. The quantitative estimate of drug-likeness (QED) is 0.133. The van der Waals surface area contributed by atoms with Crippen LogP contribution in [0, 0.1) is 50.5 Å². The number of benzene rings is 1. The molecule has 0 amide bonds. The zero-order chi connectivity index (χ0) is 37.1. The van der Waals surface area contributed by atoms with Crippen molar-refractivity contribution < 1.29 is 51.7 Å². The van der Waals surface area contributed by atoms with Gasteiger partial charge in [-0.15, -0.1) is 6.58 Å². The van der Waals surface area contributed by atoms with Crippen LogP contribution in [0.25, 0.3) is 0 Å². The van der Waals surface area contributed by atoms with E-state index in [4.69, 9.17) is 14.2 Å². The second kappa shape index (κ2) is 14.7. The molecule has 3 aliphatic carbocycles. The molecule has 51 heavy (non-hydrogen) atoms. The molecule has 3 aliphatic rings. The molecule has 0 spiro atoms. The van der Waals surface area contributed by atoms with E-state index >= 15 is 0 Å². The molecule has 13 nitrogen and oxygen atoms in total. The van der Waals surface area contributed by atoms with Crippen LogP contribution in [0.1, 0.15) is 85.0 Å². The number of nitrogens with zero attached hydrogens (tertiary/aromatic N) is 2. The number of carbonyl (C=O) groups excluding carboxylic acids is 2. The fourth-order valence-electron chi connectivity index (χ4n) is 9.29. The van der Waals surface area contributed by atoms with Crippen LogP contribution in [0.5, 0.6) is 5.88 Å². The van der Waals surface area contributed by atoms with Crippen molar-refractivity contribution in [2.24, 2.45) is 33.5 Å². The maximum Gasteiger partial charge on any atom is 0.415 e. The van der Waals surface area contributed by atoms with E-state index in [0.29, 0.717) is 12.3 Å². The molecule has 0 bridgehead atoms. The van der Waals surface area contributed by atoms with Crippen LogP contribution in [0.3, 0.4) is 0 Å². The van der Waals surface area contributed by atoms with Crippen LogP contribution in [0.15, 0.2) is 57.5 Å². The minimum Gasteiger partial charge on any atom is -0.481 e. The number of esters is 2. The van der Waals surface area contributed by atoms with Gasteiger partial charge < -0.3 is 24.5 Å². The first-order valence-corrected chi connectivity index (χ1v) is 18.8. The lowest BCUT2D eigenvalue weighted by atomic mass is 9.39. The van der Waals surface area contributed by atoms with Crippen molar-refractivity contribution in [2.45, 2.75) is 94.9 Å². The van der Waals surface area contributed by atoms with E-state index < -0.39 is 44.1 Å². The maximum atomic E-state index is 12.8. The Kier molecular flexibility index (Phi) is 10.9. The fourth-order valence-corrected chi connectivity index (χ4v) is 10.6. The summed E-state index contributed by atoms with van der Waals surface area (Å²) in [6, 6.07) is 7.24. The normalized spacial score (nSPS) is 30.0. The van der Waals surface area contributed by atoms with Gasteiger partial charge in [-0.1, -0.05) is 56.4 Å². The van der Waals surface area contributed by atoms with Gasteiger partial charge in [0.15, 0.2) is 13.2 Å². The van der Waals surface area contributed by atoms with E-state index in [1.807, 2.05) is 6.92 Å². The number of carboxylic acids is 1. The number of fused-ring (bicyclic) bond motifs is 3. The van der Waals surface area contributed by atoms with Crippen LogP contribution in [0.2, 0.25) is 0 Å². The van der Waals surface area contributed by atoms with Crippen LogP contribution in [-0.2, 0) is 33.7 Å². The smallest absolute Gasteiger partial charge is 0.415 e. The summed E-state index contributed by atoms with van der Waals surface area (Å²) in [6.45, 7) is 10.1. The van der Waals surface area contributed by atoms with Crippen molar-refractivity contribution >= 4 is 27.7 Å². The number of allylic oxidation sites excluding steroid dienone is 1. The summed E-state index contributed by atoms with van der Waals surface area (Å²) < 4.78 is 46.0. The third kappa shape index (κ3) is 7.49. The van der Waals surface area contributed by atoms with E-state index in [0.717, 1.165) is 44.9 Å². The average molecular weight is 727 g/mol. The van der Waals surface area contributed by atoms with E-state index in [-0.39, 0.29) is 64.6 Å². The minimum atomic E-state index is -4.27. The van der Waals surface area contributed by atoms with Gasteiger partial charge >= 0.3 is 28.8 Å². The van der Waals surface area contributed by atoms with Crippen LogP contribution in [0.4, 0.5) is 0 Å². The summed E-state index contributed by atoms with van der Waals surface area (Å²) in [7, 11) is -4.27. The molecule has 3 saturated carbocycles. The van der Waals surface area contributed by atoms with Crippen LogP contribution >= 0.6 is 0 Å². The monoisotopic (exact) mass is 726 g/mol. The molecule has 5 rings (SSSR count). The van der Waals surface area contributed by atoms with Crippen LogP contribution in [-0.4, -0.2) is 56.4 Å². The summed E-state index contributed by atoms with van der Waals surface area (Å²) in [5.74, 6) is 3.09. The second-order valence-electron chi connectivity index (χ2n) is 15.0. The van der Waals surface area contributed by atoms with Gasteiger partial charge in [-0.25, -0.2) is 8.42 Å². The lowest BCUT2D eigenvalue weighted by Crippen LogP contribution is -2.60. The van der Waals surface area contributed by atoms with E-state index in [9.17, 15) is 33.1 Å². The molecule has 1 heterocycles. The van der Waals surface area contributed by atoms with Gasteiger partial charge in [-0.2, -0.15) is 0 Å². The Hall–Kier alpha value is -4.38. The zero-order valence-electron chi connectivity index (χ0n) is 29.4.